The van der Waals surface area contributed by atoms with Gasteiger partial charge in [-0.25, -0.2) is 13.1 Å². The molecule has 1 aromatic rings. The number of hydrogen-bond donors (Lipinski definition) is 2. The van der Waals surface area contributed by atoms with E-state index in [1.807, 2.05) is 20.1 Å². The molecule has 116 valence electrons. The summed E-state index contributed by atoms with van der Waals surface area (Å²) in [6, 6.07) is 2.10. The van der Waals surface area contributed by atoms with E-state index in [4.69, 9.17) is 0 Å². The fourth-order valence-corrected chi connectivity index (χ4v) is 5.31. The molecule has 1 aromatic heterocycles. The Kier molecular flexibility index (Phi) is 7.00. The zero-order chi connectivity index (χ0) is 15.3. The lowest BCUT2D eigenvalue weighted by Crippen LogP contribution is -2.34. The van der Waals surface area contributed by atoms with Gasteiger partial charge in [-0.2, -0.15) is 11.8 Å². The van der Waals surface area contributed by atoms with Crippen molar-refractivity contribution < 1.29 is 8.42 Å². The third-order valence-corrected chi connectivity index (χ3v) is 6.40. The normalized spacial score (nSPS) is 13.9. The maximum absolute atomic E-state index is 12.4. The highest BCUT2D eigenvalue weighted by molar-refractivity contribution is 7.98. The van der Waals surface area contributed by atoms with Gasteiger partial charge in [0, 0.05) is 34.1 Å². The van der Waals surface area contributed by atoms with E-state index in [-0.39, 0.29) is 6.04 Å². The molecular formula is C13H24N2O2S3. The largest absolute Gasteiger partial charge is 0.310 e. The molecule has 0 aliphatic carbocycles. The number of rotatable bonds is 8. The molecule has 1 rings (SSSR count). The van der Waals surface area contributed by atoms with E-state index in [2.05, 4.69) is 23.9 Å². The fraction of sp³-hybridized carbons (Fsp3) is 0.692. The summed E-state index contributed by atoms with van der Waals surface area (Å²) in [5.74, 6) is 0.768. The fourth-order valence-electron chi connectivity index (χ4n) is 1.80. The summed E-state index contributed by atoms with van der Waals surface area (Å²) in [7, 11) is -3.41. The first-order valence-corrected chi connectivity index (χ1v) is 10.3. The molecule has 0 spiro atoms. The van der Waals surface area contributed by atoms with Crippen LogP contribution in [0.1, 0.15) is 30.5 Å². The van der Waals surface area contributed by atoms with Crippen LogP contribution in [0.4, 0.5) is 0 Å². The highest BCUT2D eigenvalue weighted by Gasteiger charge is 2.21. The molecule has 0 fully saturated rings. The van der Waals surface area contributed by atoms with Crippen molar-refractivity contribution in [1.82, 2.24) is 10.0 Å². The third-order valence-electron chi connectivity index (χ3n) is 2.67. The first-order valence-electron chi connectivity index (χ1n) is 6.60. The van der Waals surface area contributed by atoms with Gasteiger partial charge in [-0.1, -0.05) is 13.8 Å². The highest BCUT2D eigenvalue weighted by atomic mass is 32.2. The van der Waals surface area contributed by atoms with Crippen molar-refractivity contribution in [3.63, 3.8) is 0 Å². The summed E-state index contributed by atoms with van der Waals surface area (Å²) < 4.78 is 27.4. The first kappa shape index (κ1) is 18.0. The van der Waals surface area contributed by atoms with Crippen molar-refractivity contribution >= 4 is 33.1 Å². The standard InChI is InChI=1S/C13H24N2O2S3/c1-9(2)14-7-12-6-13(11(4)19-12)20(16,17)15-10(3)8-18-5/h6,9-10,14-15H,7-8H2,1-5H3. The molecule has 2 N–H and O–H groups in total. The summed E-state index contributed by atoms with van der Waals surface area (Å²) in [6.45, 7) is 8.60. The van der Waals surface area contributed by atoms with Gasteiger partial charge in [0.25, 0.3) is 0 Å². The molecule has 0 aromatic carbocycles. The Morgan fingerprint density at radius 3 is 2.55 bits per heavy atom. The van der Waals surface area contributed by atoms with E-state index in [1.54, 1.807) is 17.8 Å². The van der Waals surface area contributed by atoms with Gasteiger partial charge < -0.3 is 5.32 Å². The van der Waals surface area contributed by atoms with Crippen LogP contribution in [0.3, 0.4) is 0 Å². The molecule has 0 saturated heterocycles. The molecule has 0 radical (unpaired) electrons. The maximum atomic E-state index is 12.4. The van der Waals surface area contributed by atoms with Crippen molar-refractivity contribution in [2.24, 2.45) is 0 Å². The van der Waals surface area contributed by atoms with Crippen molar-refractivity contribution in [2.75, 3.05) is 12.0 Å². The van der Waals surface area contributed by atoms with Crippen molar-refractivity contribution in [3.05, 3.63) is 15.8 Å². The van der Waals surface area contributed by atoms with E-state index >= 15 is 0 Å². The van der Waals surface area contributed by atoms with Crippen molar-refractivity contribution in [1.29, 1.82) is 0 Å². The summed E-state index contributed by atoms with van der Waals surface area (Å²) in [5, 5.41) is 3.31. The number of nitrogens with one attached hydrogen (secondary N) is 2. The highest BCUT2D eigenvalue weighted by Crippen LogP contribution is 2.26. The predicted molar refractivity (Wildman–Crippen MR) is 89.2 cm³/mol. The van der Waals surface area contributed by atoms with Gasteiger partial charge in [-0.05, 0) is 26.2 Å². The van der Waals surface area contributed by atoms with Crippen molar-refractivity contribution in [2.45, 2.75) is 51.2 Å². The second-order valence-corrected chi connectivity index (χ2v) is 9.08. The average Bonchev–Trinajstić information content (AvgIpc) is 2.68. The van der Waals surface area contributed by atoms with E-state index in [0.717, 1.165) is 15.5 Å². The quantitative estimate of drug-likeness (QED) is 0.766. The van der Waals surface area contributed by atoms with Gasteiger partial charge in [0.05, 0.1) is 4.90 Å². The lowest BCUT2D eigenvalue weighted by Gasteiger charge is -2.12. The lowest BCUT2D eigenvalue weighted by atomic mass is 10.3. The monoisotopic (exact) mass is 336 g/mol. The molecule has 0 saturated carbocycles. The molecule has 1 heterocycles. The van der Waals surface area contributed by atoms with Gasteiger partial charge in [-0.3, -0.25) is 0 Å². The molecular weight excluding hydrogens is 312 g/mol. The number of thioether (sulfide) groups is 1. The molecule has 4 nitrogen and oxygen atoms in total. The Labute approximate surface area is 130 Å². The number of sulfonamides is 1. The van der Waals surface area contributed by atoms with Crippen LogP contribution in [0.2, 0.25) is 0 Å². The molecule has 0 aliphatic rings. The molecule has 0 bridgehead atoms. The summed E-state index contributed by atoms with van der Waals surface area (Å²) in [5.41, 5.74) is 0. The lowest BCUT2D eigenvalue weighted by molar-refractivity contribution is 0.570. The minimum atomic E-state index is -3.41. The SMILES string of the molecule is CSCC(C)NS(=O)(=O)c1cc(CNC(C)C)sc1C. The summed E-state index contributed by atoms with van der Waals surface area (Å²) in [6.07, 6.45) is 1.97. The van der Waals surface area contributed by atoms with Crippen LogP contribution < -0.4 is 10.0 Å². The average molecular weight is 337 g/mol. The number of aryl methyl sites for hydroxylation is 1. The Morgan fingerprint density at radius 2 is 2.00 bits per heavy atom. The Morgan fingerprint density at radius 1 is 1.35 bits per heavy atom. The first-order chi connectivity index (χ1) is 9.26. The molecule has 0 amide bonds. The topological polar surface area (TPSA) is 58.2 Å². The van der Waals surface area contributed by atoms with Crippen LogP contribution in [-0.4, -0.2) is 32.5 Å². The van der Waals surface area contributed by atoms with Crippen molar-refractivity contribution in [3.8, 4) is 0 Å². The minimum absolute atomic E-state index is 0.0634. The van der Waals surface area contributed by atoms with Gasteiger partial charge in [0.15, 0.2) is 0 Å². The van der Waals surface area contributed by atoms with E-state index in [1.165, 1.54) is 11.3 Å². The number of thiophene rings is 1. The summed E-state index contributed by atoms with van der Waals surface area (Å²) >= 11 is 3.17. The van der Waals surface area contributed by atoms with Crippen LogP contribution in [0.15, 0.2) is 11.0 Å². The molecule has 20 heavy (non-hydrogen) atoms. The van der Waals surface area contributed by atoms with Gasteiger partial charge in [0.1, 0.15) is 0 Å². The molecule has 1 atom stereocenters. The zero-order valence-electron chi connectivity index (χ0n) is 12.7. The van der Waals surface area contributed by atoms with E-state index in [0.29, 0.717) is 17.5 Å². The molecule has 0 aliphatic heterocycles. The van der Waals surface area contributed by atoms with Crippen LogP contribution in [0, 0.1) is 6.92 Å². The smallest absolute Gasteiger partial charge is 0.241 e. The Hall–Kier alpha value is -0.0800. The van der Waals surface area contributed by atoms with Gasteiger partial charge in [-0.15, -0.1) is 11.3 Å². The van der Waals surface area contributed by atoms with Crippen LogP contribution in [0.5, 0.6) is 0 Å². The second kappa shape index (κ2) is 7.79. The second-order valence-electron chi connectivity index (χ2n) is 5.15. The van der Waals surface area contributed by atoms with Gasteiger partial charge in [0.2, 0.25) is 10.0 Å². The van der Waals surface area contributed by atoms with Gasteiger partial charge >= 0.3 is 0 Å². The van der Waals surface area contributed by atoms with Crippen LogP contribution in [-0.2, 0) is 16.6 Å². The molecule has 1 unspecified atom stereocenters. The van der Waals surface area contributed by atoms with Crippen LogP contribution in [0.25, 0.3) is 0 Å². The maximum Gasteiger partial charge on any atom is 0.241 e. The molecule has 7 heteroatoms. The number of hydrogen-bond acceptors (Lipinski definition) is 5. The Bertz CT molecular complexity index is 524. The predicted octanol–water partition coefficient (Wildman–Crippen LogP) is 2.58. The summed E-state index contributed by atoms with van der Waals surface area (Å²) in [4.78, 5) is 2.31. The minimum Gasteiger partial charge on any atom is -0.310 e. The Balaban J connectivity index is 2.84. The van der Waals surface area contributed by atoms with Crippen LogP contribution >= 0.6 is 23.1 Å². The van der Waals surface area contributed by atoms with E-state index in [9.17, 15) is 8.42 Å². The zero-order valence-corrected chi connectivity index (χ0v) is 15.1. The van der Waals surface area contributed by atoms with E-state index < -0.39 is 10.0 Å². The third kappa shape index (κ3) is 5.37.